The molecule has 0 aliphatic rings. The van der Waals surface area contributed by atoms with Crippen LogP contribution in [0.25, 0.3) is 11.3 Å². The van der Waals surface area contributed by atoms with Gasteiger partial charge in [0, 0.05) is 11.6 Å². The van der Waals surface area contributed by atoms with Crippen LogP contribution < -0.4 is 0 Å². The van der Waals surface area contributed by atoms with Crippen LogP contribution in [0.3, 0.4) is 0 Å². The largest absolute Gasteiger partial charge is 0.233 e. The lowest BCUT2D eigenvalue weighted by Crippen LogP contribution is -1.95. The van der Waals surface area contributed by atoms with Crippen LogP contribution >= 0.6 is 0 Å². The maximum Gasteiger partial charge on any atom is 0.144 e. The molecular weight excluding hydrogens is 210 g/mol. The van der Waals surface area contributed by atoms with Crippen molar-refractivity contribution < 1.29 is 0 Å². The molecule has 1 heterocycles. The zero-order valence-electron chi connectivity index (χ0n) is 10.2. The summed E-state index contributed by atoms with van der Waals surface area (Å²) in [5, 5.41) is 8.89. The zero-order chi connectivity index (χ0) is 12.4. The molecule has 2 aromatic rings. The molecule has 0 spiro atoms. The van der Waals surface area contributed by atoms with Gasteiger partial charge < -0.3 is 0 Å². The molecular formula is C14H13N3. The Morgan fingerprint density at radius 1 is 1.00 bits per heavy atom. The second-order valence-electron chi connectivity index (χ2n) is 4.10. The third-order valence-electron chi connectivity index (χ3n) is 2.76. The molecule has 0 N–H and O–H groups in total. The van der Waals surface area contributed by atoms with Gasteiger partial charge in [0.05, 0.1) is 5.69 Å². The maximum absolute atomic E-state index is 8.89. The summed E-state index contributed by atoms with van der Waals surface area (Å²) in [7, 11) is 0. The van der Waals surface area contributed by atoms with Crippen LogP contribution in [0.2, 0.25) is 0 Å². The fourth-order valence-corrected chi connectivity index (χ4v) is 1.67. The van der Waals surface area contributed by atoms with E-state index in [1.54, 1.807) is 13.0 Å². The SMILES string of the molecule is Cc1nc(C#N)cc(-c2ccc(C)c(C)c2)n1. The molecule has 0 aliphatic carbocycles. The predicted molar refractivity (Wildman–Crippen MR) is 66.4 cm³/mol. The quantitative estimate of drug-likeness (QED) is 0.746. The summed E-state index contributed by atoms with van der Waals surface area (Å²) in [5.41, 5.74) is 4.70. The Kier molecular flexibility index (Phi) is 2.88. The number of nitrogens with zero attached hydrogens (tertiary/aromatic N) is 3. The van der Waals surface area contributed by atoms with Crippen LogP contribution in [0.5, 0.6) is 0 Å². The van der Waals surface area contributed by atoms with E-state index in [9.17, 15) is 0 Å². The van der Waals surface area contributed by atoms with Gasteiger partial charge in [-0.15, -0.1) is 0 Å². The van der Waals surface area contributed by atoms with Gasteiger partial charge in [0.2, 0.25) is 0 Å². The van der Waals surface area contributed by atoms with E-state index in [-0.39, 0.29) is 0 Å². The standard InChI is InChI=1S/C14H13N3/c1-9-4-5-12(6-10(9)2)14-7-13(8-15)16-11(3)17-14/h4-7H,1-3H3. The summed E-state index contributed by atoms with van der Waals surface area (Å²) in [6.07, 6.45) is 0. The molecule has 0 amide bonds. The molecule has 0 bridgehead atoms. The summed E-state index contributed by atoms with van der Waals surface area (Å²) in [6.45, 7) is 5.94. The van der Waals surface area contributed by atoms with Crippen molar-refractivity contribution in [1.29, 1.82) is 5.26 Å². The van der Waals surface area contributed by atoms with Gasteiger partial charge in [0.15, 0.2) is 0 Å². The van der Waals surface area contributed by atoms with Gasteiger partial charge in [-0.1, -0.05) is 12.1 Å². The minimum absolute atomic E-state index is 0.408. The Balaban J connectivity index is 2.56. The molecule has 0 aliphatic heterocycles. The normalized spacial score (nSPS) is 10.0. The number of aryl methyl sites for hydroxylation is 3. The van der Waals surface area contributed by atoms with Crippen molar-refractivity contribution in [3.63, 3.8) is 0 Å². The van der Waals surface area contributed by atoms with Crippen LogP contribution in [0.15, 0.2) is 24.3 Å². The lowest BCUT2D eigenvalue weighted by Gasteiger charge is -2.05. The Bertz CT molecular complexity index is 609. The Morgan fingerprint density at radius 3 is 2.41 bits per heavy atom. The van der Waals surface area contributed by atoms with Gasteiger partial charge in [0.1, 0.15) is 17.6 Å². The van der Waals surface area contributed by atoms with Gasteiger partial charge in [0.25, 0.3) is 0 Å². The highest BCUT2D eigenvalue weighted by atomic mass is 14.9. The number of nitriles is 1. The second kappa shape index (κ2) is 4.34. The Labute approximate surface area is 101 Å². The molecule has 0 saturated carbocycles. The molecule has 2 rings (SSSR count). The topological polar surface area (TPSA) is 49.6 Å². The van der Waals surface area contributed by atoms with Crippen LogP contribution in [0.4, 0.5) is 0 Å². The molecule has 1 aromatic heterocycles. The third-order valence-corrected chi connectivity index (χ3v) is 2.76. The first-order valence-electron chi connectivity index (χ1n) is 5.43. The minimum Gasteiger partial charge on any atom is -0.233 e. The van der Waals surface area contributed by atoms with E-state index in [0.717, 1.165) is 11.3 Å². The predicted octanol–water partition coefficient (Wildman–Crippen LogP) is 2.94. The first-order chi connectivity index (χ1) is 8.10. The molecule has 17 heavy (non-hydrogen) atoms. The molecule has 84 valence electrons. The smallest absolute Gasteiger partial charge is 0.144 e. The summed E-state index contributed by atoms with van der Waals surface area (Å²) < 4.78 is 0. The summed E-state index contributed by atoms with van der Waals surface area (Å²) in [6, 6.07) is 9.94. The lowest BCUT2D eigenvalue weighted by atomic mass is 10.0. The minimum atomic E-state index is 0.408. The van der Waals surface area contributed by atoms with Crippen molar-refractivity contribution in [3.05, 3.63) is 46.9 Å². The van der Waals surface area contributed by atoms with Crippen LogP contribution in [-0.4, -0.2) is 9.97 Å². The summed E-state index contributed by atoms with van der Waals surface area (Å²) in [5.74, 6) is 0.622. The van der Waals surface area contributed by atoms with E-state index >= 15 is 0 Å². The van der Waals surface area contributed by atoms with Crippen molar-refractivity contribution in [2.75, 3.05) is 0 Å². The zero-order valence-corrected chi connectivity index (χ0v) is 10.2. The van der Waals surface area contributed by atoms with Gasteiger partial charge >= 0.3 is 0 Å². The fraction of sp³-hybridized carbons (Fsp3) is 0.214. The molecule has 0 fully saturated rings. The average molecular weight is 223 g/mol. The molecule has 0 unspecified atom stereocenters. The van der Waals surface area contributed by atoms with Crippen molar-refractivity contribution in [3.8, 4) is 17.3 Å². The van der Waals surface area contributed by atoms with Gasteiger partial charge in [-0.2, -0.15) is 5.26 Å². The molecule has 3 nitrogen and oxygen atoms in total. The molecule has 0 saturated heterocycles. The lowest BCUT2D eigenvalue weighted by molar-refractivity contribution is 1.04. The molecule has 0 radical (unpaired) electrons. The first kappa shape index (κ1) is 11.3. The van der Waals surface area contributed by atoms with E-state index in [1.807, 2.05) is 6.07 Å². The fourth-order valence-electron chi connectivity index (χ4n) is 1.67. The van der Waals surface area contributed by atoms with E-state index < -0.39 is 0 Å². The highest BCUT2D eigenvalue weighted by Crippen LogP contribution is 2.20. The number of hydrogen-bond acceptors (Lipinski definition) is 3. The number of aromatic nitrogens is 2. The highest BCUT2D eigenvalue weighted by molar-refractivity contribution is 5.61. The number of benzene rings is 1. The van der Waals surface area contributed by atoms with Crippen molar-refractivity contribution in [1.82, 2.24) is 9.97 Å². The summed E-state index contributed by atoms with van der Waals surface area (Å²) >= 11 is 0. The van der Waals surface area contributed by atoms with Crippen LogP contribution in [0, 0.1) is 32.1 Å². The maximum atomic E-state index is 8.89. The number of rotatable bonds is 1. The molecule has 3 heteroatoms. The molecule has 0 atom stereocenters. The van der Waals surface area contributed by atoms with Crippen molar-refractivity contribution in [2.45, 2.75) is 20.8 Å². The van der Waals surface area contributed by atoms with E-state index in [2.05, 4.69) is 42.0 Å². The van der Waals surface area contributed by atoms with E-state index in [4.69, 9.17) is 5.26 Å². The first-order valence-corrected chi connectivity index (χ1v) is 5.43. The third kappa shape index (κ3) is 2.31. The van der Waals surface area contributed by atoms with Crippen molar-refractivity contribution >= 4 is 0 Å². The molecule has 1 aromatic carbocycles. The second-order valence-corrected chi connectivity index (χ2v) is 4.10. The van der Waals surface area contributed by atoms with Crippen LogP contribution in [-0.2, 0) is 0 Å². The highest BCUT2D eigenvalue weighted by Gasteiger charge is 2.05. The van der Waals surface area contributed by atoms with Crippen LogP contribution in [0.1, 0.15) is 22.6 Å². The van der Waals surface area contributed by atoms with E-state index in [1.165, 1.54) is 11.1 Å². The average Bonchev–Trinajstić information content (AvgIpc) is 2.32. The van der Waals surface area contributed by atoms with Gasteiger partial charge in [-0.05, 0) is 38.0 Å². The monoisotopic (exact) mass is 223 g/mol. The van der Waals surface area contributed by atoms with Crippen molar-refractivity contribution in [2.24, 2.45) is 0 Å². The Hall–Kier alpha value is -2.21. The van der Waals surface area contributed by atoms with Gasteiger partial charge in [-0.3, -0.25) is 0 Å². The Morgan fingerprint density at radius 2 is 1.76 bits per heavy atom. The number of hydrogen-bond donors (Lipinski definition) is 0. The summed E-state index contributed by atoms with van der Waals surface area (Å²) in [4.78, 5) is 8.41. The van der Waals surface area contributed by atoms with Gasteiger partial charge in [-0.25, -0.2) is 9.97 Å². The van der Waals surface area contributed by atoms with E-state index in [0.29, 0.717) is 11.5 Å².